The largest absolute Gasteiger partial charge is 0.493 e. The smallest absolute Gasteiger partial charge is 0.293 e. The summed E-state index contributed by atoms with van der Waals surface area (Å²) in [6, 6.07) is 18.6. The minimum atomic E-state index is -0.358. The summed E-state index contributed by atoms with van der Waals surface area (Å²) in [5, 5.41) is 2.92. The first kappa shape index (κ1) is 23.4. The third kappa shape index (κ3) is 5.23. The van der Waals surface area contributed by atoms with Gasteiger partial charge in [0, 0.05) is 13.1 Å². The van der Waals surface area contributed by atoms with E-state index in [1.54, 1.807) is 19.2 Å². The highest BCUT2D eigenvalue weighted by atomic mass is 16.5. The van der Waals surface area contributed by atoms with Crippen molar-refractivity contribution in [1.82, 2.24) is 14.5 Å². The van der Waals surface area contributed by atoms with E-state index in [4.69, 9.17) is 13.9 Å². The summed E-state index contributed by atoms with van der Waals surface area (Å²) in [7, 11) is 1.59. The molecule has 8 nitrogen and oxygen atoms in total. The number of hydrogen-bond acceptors (Lipinski definition) is 6. The second-order valence-electron chi connectivity index (χ2n) is 7.76. The molecule has 0 aliphatic heterocycles. The zero-order chi connectivity index (χ0) is 23.9. The molecule has 4 rings (SSSR count). The molecule has 0 radical (unpaired) electrons. The molecule has 34 heavy (non-hydrogen) atoms. The summed E-state index contributed by atoms with van der Waals surface area (Å²) in [6.07, 6.45) is 0. The number of anilines is 1. The summed E-state index contributed by atoms with van der Waals surface area (Å²) in [6.45, 7) is 7.98. The molecule has 2 heterocycles. The Bertz CT molecular complexity index is 1240. The van der Waals surface area contributed by atoms with E-state index >= 15 is 0 Å². The third-order valence-corrected chi connectivity index (χ3v) is 5.74. The summed E-state index contributed by atoms with van der Waals surface area (Å²) in [5.41, 5.74) is 1.82. The molecule has 2 aromatic carbocycles. The predicted molar refractivity (Wildman–Crippen MR) is 132 cm³/mol. The highest BCUT2D eigenvalue weighted by Crippen LogP contribution is 2.27. The summed E-state index contributed by atoms with van der Waals surface area (Å²) in [5.74, 6) is 2.11. The van der Waals surface area contributed by atoms with Crippen molar-refractivity contribution in [1.29, 1.82) is 0 Å². The number of likely N-dealkylation sites (N-methyl/N-ethyl adjacent to an activating group) is 1. The first-order valence-electron chi connectivity index (χ1n) is 11.5. The van der Waals surface area contributed by atoms with Gasteiger partial charge < -0.3 is 23.4 Å². The number of ether oxygens (including phenoxy) is 2. The molecular formula is C26H30N4O4. The number of rotatable bonds is 11. The maximum Gasteiger partial charge on any atom is 0.293 e. The van der Waals surface area contributed by atoms with Crippen molar-refractivity contribution in [2.45, 2.75) is 27.0 Å². The summed E-state index contributed by atoms with van der Waals surface area (Å²) >= 11 is 0. The molecule has 0 saturated carbocycles. The monoisotopic (exact) mass is 462 g/mol. The number of carbonyl (C=O) groups excluding carboxylic acids is 1. The minimum Gasteiger partial charge on any atom is -0.493 e. The van der Waals surface area contributed by atoms with Gasteiger partial charge in [0.1, 0.15) is 12.4 Å². The van der Waals surface area contributed by atoms with E-state index in [1.165, 1.54) is 0 Å². The SMILES string of the molecule is CCN(CC)CCn1c(NC(=O)c2ccc(COc3ccccc3OC)o2)nc2ccccc21. The van der Waals surface area contributed by atoms with Crippen LogP contribution < -0.4 is 14.8 Å². The van der Waals surface area contributed by atoms with Crippen molar-refractivity contribution in [2.24, 2.45) is 0 Å². The van der Waals surface area contributed by atoms with E-state index in [1.807, 2.05) is 53.1 Å². The highest BCUT2D eigenvalue weighted by Gasteiger charge is 2.18. The molecule has 0 saturated heterocycles. The molecule has 2 aromatic heterocycles. The van der Waals surface area contributed by atoms with Crippen molar-refractivity contribution >= 4 is 22.9 Å². The van der Waals surface area contributed by atoms with Gasteiger partial charge in [0.15, 0.2) is 17.3 Å². The first-order chi connectivity index (χ1) is 16.6. The molecule has 0 bridgehead atoms. The van der Waals surface area contributed by atoms with Crippen LogP contribution in [-0.4, -0.2) is 47.1 Å². The second kappa shape index (κ2) is 10.9. The van der Waals surface area contributed by atoms with Gasteiger partial charge in [-0.15, -0.1) is 0 Å². The van der Waals surface area contributed by atoms with Crippen LogP contribution in [0.5, 0.6) is 11.5 Å². The molecule has 178 valence electrons. The zero-order valence-corrected chi connectivity index (χ0v) is 19.8. The average Bonchev–Trinajstić information content (AvgIpc) is 3.48. The lowest BCUT2D eigenvalue weighted by atomic mass is 10.3. The van der Waals surface area contributed by atoms with Gasteiger partial charge in [-0.1, -0.05) is 38.1 Å². The van der Waals surface area contributed by atoms with Crippen molar-refractivity contribution in [3.63, 3.8) is 0 Å². The van der Waals surface area contributed by atoms with Gasteiger partial charge in [-0.05, 0) is 49.5 Å². The standard InChI is InChI=1S/C26H30N4O4/c1-4-29(5-2)16-17-30-21-11-7-6-10-20(21)27-26(30)28-25(31)24-15-14-19(34-24)18-33-23-13-9-8-12-22(23)32-3/h6-15H,4-5,16-18H2,1-3H3,(H,27,28,31). The summed E-state index contributed by atoms with van der Waals surface area (Å²) < 4.78 is 18.9. The molecule has 8 heteroatoms. The summed E-state index contributed by atoms with van der Waals surface area (Å²) in [4.78, 5) is 19.9. The van der Waals surface area contributed by atoms with E-state index in [0.717, 1.165) is 30.7 Å². The Morgan fingerprint density at radius 2 is 1.76 bits per heavy atom. The number of para-hydroxylation sites is 4. The number of aromatic nitrogens is 2. The Kier molecular flexibility index (Phi) is 7.49. The van der Waals surface area contributed by atoms with Gasteiger partial charge in [0.05, 0.1) is 18.1 Å². The van der Waals surface area contributed by atoms with E-state index in [0.29, 0.717) is 29.8 Å². The van der Waals surface area contributed by atoms with E-state index in [2.05, 4.69) is 29.0 Å². The van der Waals surface area contributed by atoms with Crippen LogP contribution in [0, 0.1) is 0 Å². The lowest BCUT2D eigenvalue weighted by Crippen LogP contribution is -2.27. The number of fused-ring (bicyclic) bond motifs is 1. The van der Waals surface area contributed by atoms with Crippen LogP contribution in [-0.2, 0) is 13.2 Å². The van der Waals surface area contributed by atoms with E-state index in [9.17, 15) is 4.79 Å². The lowest BCUT2D eigenvalue weighted by molar-refractivity contribution is 0.0991. The number of amides is 1. The Balaban J connectivity index is 1.47. The highest BCUT2D eigenvalue weighted by molar-refractivity contribution is 6.02. The van der Waals surface area contributed by atoms with Gasteiger partial charge in [0.25, 0.3) is 5.91 Å². The van der Waals surface area contributed by atoms with E-state index in [-0.39, 0.29) is 18.3 Å². The van der Waals surface area contributed by atoms with Gasteiger partial charge in [-0.2, -0.15) is 0 Å². The van der Waals surface area contributed by atoms with Crippen molar-refractivity contribution < 1.29 is 18.7 Å². The topological polar surface area (TPSA) is 81.8 Å². The number of methoxy groups -OCH3 is 1. The Hall–Kier alpha value is -3.78. The minimum absolute atomic E-state index is 0.177. The van der Waals surface area contributed by atoms with Crippen LogP contribution in [0.1, 0.15) is 30.2 Å². The van der Waals surface area contributed by atoms with Crippen molar-refractivity contribution in [3.05, 3.63) is 72.2 Å². The molecule has 0 aliphatic carbocycles. The van der Waals surface area contributed by atoms with Crippen LogP contribution in [0.25, 0.3) is 11.0 Å². The van der Waals surface area contributed by atoms with Gasteiger partial charge in [-0.3, -0.25) is 10.1 Å². The van der Waals surface area contributed by atoms with Crippen LogP contribution >= 0.6 is 0 Å². The third-order valence-electron chi connectivity index (χ3n) is 5.74. The molecular weight excluding hydrogens is 432 g/mol. The van der Waals surface area contributed by atoms with E-state index < -0.39 is 0 Å². The number of furan rings is 1. The number of imidazole rings is 1. The molecule has 1 N–H and O–H groups in total. The Morgan fingerprint density at radius 3 is 2.53 bits per heavy atom. The number of nitrogens with one attached hydrogen (secondary N) is 1. The van der Waals surface area contributed by atoms with Crippen LogP contribution in [0.3, 0.4) is 0 Å². The van der Waals surface area contributed by atoms with Crippen LogP contribution in [0.4, 0.5) is 5.95 Å². The number of benzene rings is 2. The number of carbonyl (C=O) groups is 1. The normalized spacial score (nSPS) is 11.2. The fourth-order valence-corrected chi connectivity index (χ4v) is 3.81. The quantitative estimate of drug-likeness (QED) is 0.344. The first-order valence-corrected chi connectivity index (χ1v) is 11.5. The van der Waals surface area contributed by atoms with Crippen molar-refractivity contribution in [3.8, 4) is 11.5 Å². The molecule has 0 spiro atoms. The fraction of sp³-hybridized carbons (Fsp3) is 0.308. The van der Waals surface area contributed by atoms with Crippen molar-refractivity contribution in [2.75, 3.05) is 32.1 Å². The van der Waals surface area contributed by atoms with Crippen LogP contribution in [0.15, 0.2) is 65.1 Å². The maximum atomic E-state index is 13.0. The lowest BCUT2D eigenvalue weighted by Gasteiger charge is -2.19. The molecule has 0 unspecified atom stereocenters. The Labute approximate surface area is 199 Å². The maximum absolute atomic E-state index is 13.0. The van der Waals surface area contributed by atoms with Gasteiger partial charge >= 0.3 is 0 Å². The van der Waals surface area contributed by atoms with Crippen LogP contribution in [0.2, 0.25) is 0 Å². The Morgan fingerprint density at radius 1 is 1.03 bits per heavy atom. The molecule has 0 atom stereocenters. The predicted octanol–water partition coefficient (Wildman–Crippen LogP) is 4.81. The number of hydrogen-bond donors (Lipinski definition) is 1. The molecule has 0 aliphatic rings. The van der Waals surface area contributed by atoms with Gasteiger partial charge in [0.2, 0.25) is 5.95 Å². The zero-order valence-electron chi connectivity index (χ0n) is 19.8. The molecule has 4 aromatic rings. The second-order valence-corrected chi connectivity index (χ2v) is 7.76. The fourth-order valence-electron chi connectivity index (χ4n) is 3.81. The number of nitrogens with zero attached hydrogens (tertiary/aromatic N) is 3. The molecule has 0 fully saturated rings. The molecule has 1 amide bonds. The van der Waals surface area contributed by atoms with Gasteiger partial charge in [-0.25, -0.2) is 4.98 Å². The average molecular weight is 463 g/mol.